The van der Waals surface area contributed by atoms with Crippen LogP contribution in [0.15, 0.2) is 42.7 Å². The molecular weight excluding hydrogens is 466 g/mol. The third-order valence-electron chi connectivity index (χ3n) is 9.04. The summed E-state index contributed by atoms with van der Waals surface area (Å²) in [6, 6.07) is 10.8. The SMILES string of the molecule is COc1cnc(CC(=O)CN2CC3(CCC(c4ccccc4)(N(C)C)CC3)N(CC3CCC3)C2=O)nc1. The van der Waals surface area contributed by atoms with E-state index in [2.05, 4.69) is 64.2 Å². The van der Waals surface area contributed by atoms with E-state index in [9.17, 15) is 9.59 Å². The molecule has 5 rings (SSSR count). The van der Waals surface area contributed by atoms with Crippen LogP contribution in [-0.2, 0) is 16.8 Å². The van der Waals surface area contributed by atoms with Crippen LogP contribution in [0.25, 0.3) is 0 Å². The van der Waals surface area contributed by atoms with E-state index < -0.39 is 0 Å². The maximum Gasteiger partial charge on any atom is 0.321 e. The van der Waals surface area contributed by atoms with Gasteiger partial charge in [0.1, 0.15) is 5.82 Å². The van der Waals surface area contributed by atoms with Gasteiger partial charge in [0.15, 0.2) is 11.5 Å². The number of hydrogen-bond donors (Lipinski definition) is 0. The number of carbonyl (C=O) groups excluding carboxylic acids is 2. The molecule has 1 spiro atoms. The third-order valence-corrected chi connectivity index (χ3v) is 9.04. The van der Waals surface area contributed by atoms with E-state index in [0.717, 1.165) is 32.2 Å². The van der Waals surface area contributed by atoms with Crippen molar-refractivity contribution in [3.8, 4) is 5.75 Å². The first-order valence-electron chi connectivity index (χ1n) is 13.5. The van der Waals surface area contributed by atoms with Crippen molar-refractivity contribution in [3.63, 3.8) is 0 Å². The Balaban J connectivity index is 1.32. The first-order chi connectivity index (χ1) is 17.8. The van der Waals surface area contributed by atoms with Gasteiger partial charge < -0.3 is 14.5 Å². The summed E-state index contributed by atoms with van der Waals surface area (Å²) in [5.74, 6) is 1.55. The van der Waals surface area contributed by atoms with Gasteiger partial charge in [0.05, 0.1) is 38.0 Å². The number of methoxy groups -OCH3 is 1. The Kier molecular flexibility index (Phi) is 7.21. The smallest absolute Gasteiger partial charge is 0.321 e. The van der Waals surface area contributed by atoms with Gasteiger partial charge in [0.2, 0.25) is 0 Å². The van der Waals surface area contributed by atoms with Crippen molar-refractivity contribution < 1.29 is 14.3 Å². The number of carbonyl (C=O) groups is 2. The third kappa shape index (κ3) is 4.96. The molecule has 3 aliphatic rings. The summed E-state index contributed by atoms with van der Waals surface area (Å²) in [6.45, 7) is 1.53. The van der Waals surface area contributed by atoms with Gasteiger partial charge in [0.25, 0.3) is 0 Å². The Bertz CT molecular complexity index is 1090. The maximum absolute atomic E-state index is 13.7. The average Bonchev–Trinajstić information content (AvgIpc) is 3.12. The van der Waals surface area contributed by atoms with E-state index in [-0.39, 0.29) is 35.9 Å². The highest BCUT2D eigenvalue weighted by atomic mass is 16.5. The molecule has 0 atom stereocenters. The van der Waals surface area contributed by atoms with Crippen LogP contribution in [0.5, 0.6) is 5.75 Å². The lowest BCUT2D eigenvalue weighted by atomic mass is 9.68. The van der Waals surface area contributed by atoms with Crippen molar-refractivity contribution in [1.82, 2.24) is 24.7 Å². The van der Waals surface area contributed by atoms with Crippen molar-refractivity contribution in [3.05, 3.63) is 54.1 Å². The molecule has 2 saturated carbocycles. The molecule has 198 valence electrons. The second-order valence-electron chi connectivity index (χ2n) is 11.3. The average molecular weight is 506 g/mol. The van der Waals surface area contributed by atoms with Crippen LogP contribution >= 0.6 is 0 Å². The molecule has 0 N–H and O–H groups in total. The van der Waals surface area contributed by atoms with E-state index in [4.69, 9.17) is 4.74 Å². The number of urea groups is 1. The molecule has 3 fully saturated rings. The van der Waals surface area contributed by atoms with Crippen LogP contribution in [0, 0.1) is 5.92 Å². The van der Waals surface area contributed by atoms with Crippen LogP contribution in [0.3, 0.4) is 0 Å². The zero-order chi connectivity index (χ0) is 26.0. The van der Waals surface area contributed by atoms with Crippen molar-refractivity contribution in [2.24, 2.45) is 5.92 Å². The minimum absolute atomic E-state index is 0.0213. The first kappa shape index (κ1) is 25.6. The summed E-state index contributed by atoms with van der Waals surface area (Å²) < 4.78 is 5.10. The largest absolute Gasteiger partial charge is 0.494 e. The Morgan fingerprint density at radius 2 is 1.76 bits per heavy atom. The minimum Gasteiger partial charge on any atom is -0.494 e. The monoisotopic (exact) mass is 505 g/mol. The second kappa shape index (κ2) is 10.4. The van der Waals surface area contributed by atoms with Gasteiger partial charge in [-0.25, -0.2) is 14.8 Å². The lowest BCUT2D eigenvalue weighted by Gasteiger charge is -2.51. The summed E-state index contributed by atoms with van der Waals surface area (Å²) in [5, 5.41) is 0. The highest BCUT2D eigenvalue weighted by molar-refractivity contribution is 5.88. The molecule has 0 bridgehead atoms. The fourth-order valence-electron chi connectivity index (χ4n) is 6.49. The van der Waals surface area contributed by atoms with Gasteiger partial charge in [-0.2, -0.15) is 0 Å². The number of Topliss-reactive ketones (excluding diaryl/α,β-unsaturated/α-hetero) is 1. The van der Waals surface area contributed by atoms with Crippen LogP contribution in [-0.4, -0.2) is 82.9 Å². The molecule has 37 heavy (non-hydrogen) atoms. The molecule has 2 heterocycles. The van der Waals surface area contributed by atoms with Gasteiger partial charge in [-0.05, 0) is 64.1 Å². The fourth-order valence-corrected chi connectivity index (χ4v) is 6.49. The molecule has 1 saturated heterocycles. The number of aromatic nitrogens is 2. The van der Waals surface area contributed by atoms with E-state index >= 15 is 0 Å². The van der Waals surface area contributed by atoms with Crippen molar-refractivity contribution in [2.45, 2.75) is 62.4 Å². The molecule has 0 radical (unpaired) electrons. The van der Waals surface area contributed by atoms with Crippen molar-refractivity contribution in [1.29, 1.82) is 0 Å². The Labute approximate surface area is 220 Å². The van der Waals surface area contributed by atoms with Gasteiger partial charge >= 0.3 is 6.03 Å². The molecule has 1 aromatic carbocycles. The quantitative estimate of drug-likeness (QED) is 0.514. The lowest BCUT2D eigenvalue weighted by Crippen LogP contribution is -2.56. The zero-order valence-corrected chi connectivity index (χ0v) is 22.4. The summed E-state index contributed by atoms with van der Waals surface area (Å²) in [4.78, 5) is 41.5. The standard InChI is InChI=1S/C29H39N5O3/c1-32(2)29(23-10-5-4-6-11-23)14-12-28(13-15-29)21-33(27(36)34(28)19-22-8-7-9-22)20-24(35)16-26-30-17-25(37-3)18-31-26/h4-6,10-11,17-18,22H,7-9,12-16,19-21H2,1-3H3. The molecule has 1 aliphatic heterocycles. The molecular formula is C29H39N5O3. The zero-order valence-electron chi connectivity index (χ0n) is 22.4. The van der Waals surface area contributed by atoms with Crippen LogP contribution in [0.4, 0.5) is 4.79 Å². The summed E-state index contributed by atoms with van der Waals surface area (Å²) >= 11 is 0. The predicted octanol–water partition coefficient (Wildman–Crippen LogP) is 3.90. The van der Waals surface area contributed by atoms with Crippen LogP contribution in [0.2, 0.25) is 0 Å². The Hall–Kier alpha value is -3.00. The number of ketones is 1. The summed E-state index contributed by atoms with van der Waals surface area (Å²) in [6.07, 6.45) is 10.7. The highest BCUT2D eigenvalue weighted by Gasteiger charge is 2.55. The Morgan fingerprint density at radius 3 is 2.32 bits per heavy atom. The maximum atomic E-state index is 13.7. The summed E-state index contributed by atoms with van der Waals surface area (Å²) in [5.41, 5.74) is 1.10. The van der Waals surface area contributed by atoms with Gasteiger partial charge in [-0.1, -0.05) is 36.8 Å². The van der Waals surface area contributed by atoms with Crippen LogP contribution in [0.1, 0.15) is 56.3 Å². The molecule has 2 amide bonds. The molecule has 8 heteroatoms. The van der Waals surface area contributed by atoms with E-state index in [1.54, 1.807) is 24.4 Å². The number of amides is 2. The van der Waals surface area contributed by atoms with E-state index in [0.29, 0.717) is 24.0 Å². The molecule has 2 aromatic rings. The minimum atomic E-state index is -0.210. The fraction of sp³-hybridized carbons (Fsp3) is 0.586. The van der Waals surface area contributed by atoms with Gasteiger partial charge in [-0.15, -0.1) is 0 Å². The lowest BCUT2D eigenvalue weighted by molar-refractivity contribution is -0.119. The molecule has 1 aromatic heterocycles. The topological polar surface area (TPSA) is 78.9 Å². The number of hydrogen-bond acceptors (Lipinski definition) is 6. The molecule has 8 nitrogen and oxygen atoms in total. The Morgan fingerprint density at radius 1 is 1.08 bits per heavy atom. The van der Waals surface area contributed by atoms with Gasteiger partial charge in [0, 0.05) is 18.6 Å². The first-order valence-corrected chi connectivity index (χ1v) is 13.5. The van der Waals surface area contributed by atoms with E-state index in [1.165, 1.54) is 24.8 Å². The molecule has 0 unspecified atom stereocenters. The van der Waals surface area contributed by atoms with Crippen molar-refractivity contribution in [2.75, 3.05) is 40.8 Å². The van der Waals surface area contributed by atoms with Crippen LogP contribution < -0.4 is 4.74 Å². The van der Waals surface area contributed by atoms with Crippen molar-refractivity contribution >= 4 is 11.8 Å². The second-order valence-corrected chi connectivity index (χ2v) is 11.3. The predicted molar refractivity (Wildman–Crippen MR) is 141 cm³/mol. The normalized spacial score (nSPS) is 26.1. The number of nitrogens with zero attached hydrogens (tertiary/aromatic N) is 5. The number of ether oxygens (including phenoxy) is 1. The number of rotatable bonds is 9. The van der Waals surface area contributed by atoms with Gasteiger partial charge in [-0.3, -0.25) is 9.69 Å². The number of benzene rings is 1. The highest BCUT2D eigenvalue weighted by Crippen LogP contribution is 2.49. The van der Waals surface area contributed by atoms with E-state index in [1.807, 2.05) is 0 Å². The summed E-state index contributed by atoms with van der Waals surface area (Å²) in [7, 11) is 5.90. The molecule has 2 aliphatic carbocycles.